The van der Waals surface area contributed by atoms with Crippen molar-refractivity contribution in [1.82, 2.24) is 10.2 Å². The van der Waals surface area contributed by atoms with Gasteiger partial charge in [0.25, 0.3) is 5.91 Å². The second-order valence-corrected chi connectivity index (χ2v) is 8.05. The SMILES string of the molecule is C[C@@H]1CCCN(CCCNC(=O)[C@@H](C)Oc2cccc3c2CCCC3)C1. The molecule has 1 aromatic carbocycles. The fraction of sp³-hybridized carbons (Fsp3) is 0.682. The summed E-state index contributed by atoms with van der Waals surface area (Å²) in [5.74, 6) is 1.70. The van der Waals surface area contributed by atoms with Crippen LogP contribution in [0.2, 0.25) is 0 Å². The summed E-state index contributed by atoms with van der Waals surface area (Å²) in [5, 5.41) is 3.04. The first kappa shape index (κ1) is 19.2. The van der Waals surface area contributed by atoms with Crippen LogP contribution in [-0.2, 0) is 17.6 Å². The van der Waals surface area contributed by atoms with Crippen LogP contribution in [0.1, 0.15) is 57.1 Å². The summed E-state index contributed by atoms with van der Waals surface area (Å²) >= 11 is 0. The number of aryl methyl sites for hydroxylation is 1. The number of benzene rings is 1. The van der Waals surface area contributed by atoms with Crippen LogP contribution >= 0.6 is 0 Å². The van der Waals surface area contributed by atoms with Crippen LogP contribution in [0, 0.1) is 5.92 Å². The van der Waals surface area contributed by atoms with Gasteiger partial charge in [0.1, 0.15) is 5.75 Å². The predicted octanol–water partition coefficient (Wildman–Crippen LogP) is 3.57. The van der Waals surface area contributed by atoms with E-state index < -0.39 is 6.10 Å². The molecule has 1 aliphatic heterocycles. The van der Waals surface area contributed by atoms with Crippen molar-refractivity contribution in [3.05, 3.63) is 29.3 Å². The van der Waals surface area contributed by atoms with E-state index in [4.69, 9.17) is 4.74 Å². The Morgan fingerprint density at radius 3 is 3.00 bits per heavy atom. The molecule has 2 aliphatic rings. The lowest BCUT2D eigenvalue weighted by Gasteiger charge is -2.30. The number of ether oxygens (including phenoxy) is 1. The van der Waals surface area contributed by atoms with Gasteiger partial charge in [0.2, 0.25) is 0 Å². The van der Waals surface area contributed by atoms with Crippen molar-refractivity contribution >= 4 is 5.91 Å². The fourth-order valence-corrected chi connectivity index (χ4v) is 4.25. The molecular weight excluding hydrogens is 324 g/mol. The maximum absolute atomic E-state index is 12.4. The highest BCUT2D eigenvalue weighted by molar-refractivity contribution is 5.80. The third-order valence-corrected chi connectivity index (χ3v) is 5.72. The van der Waals surface area contributed by atoms with Crippen LogP contribution in [0.5, 0.6) is 5.75 Å². The van der Waals surface area contributed by atoms with Gasteiger partial charge in [-0.1, -0.05) is 19.1 Å². The Morgan fingerprint density at radius 1 is 1.31 bits per heavy atom. The number of rotatable bonds is 7. The molecule has 0 aromatic heterocycles. The highest BCUT2D eigenvalue weighted by Gasteiger charge is 2.19. The minimum absolute atomic E-state index is 0.00887. The van der Waals surface area contributed by atoms with E-state index in [1.807, 2.05) is 19.1 Å². The molecule has 4 nitrogen and oxygen atoms in total. The van der Waals surface area contributed by atoms with Crippen LogP contribution in [0.15, 0.2) is 18.2 Å². The highest BCUT2D eigenvalue weighted by atomic mass is 16.5. The number of nitrogens with zero attached hydrogens (tertiary/aromatic N) is 1. The largest absolute Gasteiger partial charge is 0.481 e. The number of likely N-dealkylation sites (tertiary alicyclic amines) is 1. The summed E-state index contributed by atoms with van der Waals surface area (Å²) in [6.45, 7) is 8.39. The van der Waals surface area contributed by atoms with Crippen LogP contribution in [0.25, 0.3) is 0 Å². The molecule has 0 radical (unpaired) electrons. The zero-order valence-electron chi connectivity index (χ0n) is 16.4. The summed E-state index contributed by atoms with van der Waals surface area (Å²) in [6, 6.07) is 6.24. The number of fused-ring (bicyclic) bond motifs is 1. The molecule has 2 atom stereocenters. The van der Waals surface area contributed by atoms with Crippen molar-refractivity contribution in [1.29, 1.82) is 0 Å². The van der Waals surface area contributed by atoms with Crippen molar-refractivity contribution in [2.24, 2.45) is 5.92 Å². The van der Waals surface area contributed by atoms with Gasteiger partial charge < -0.3 is 15.0 Å². The van der Waals surface area contributed by atoms with Crippen LogP contribution in [0.3, 0.4) is 0 Å². The maximum atomic E-state index is 12.4. The fourth-order valence-electron chi connectivity index (χ4n) is 4.25. The standard InChI is InChI=1S/C22H34N2O2/c1-17-8-6-14-24(16-17)15-7-13-23-22(25)18(2)26-21-12-5-10-19-9-3-4-11-20(19)21/h5,10,12,17-18H,3-4,6-9,11,13-16H2,1-2H3,(H,23,25)/t17-,18-/m1/s1. The van der Waals surface area contributed by atoms with Crippen molar-refractivity contribution in [3.8, 4) is 5.75 Å². The Labute approximate surface area is 158 Å². The maximum Gasteiger partial charge on any atom is 0.260 e. The molecule has 0 saturated carbocycles. The van der Waals surface area contributed by atoms with E-state index in [2.05, 4.69) is 23.2 Å². The van der Waals surface area contributed by atoms with Gasteiger partial charge >= 0.3 is 0 Å². The number of carbonyl (C=O) groups excluding carboxylic acids is 1. The quantitative estimate of drug-likeness (QED) is 0.758. The first-order valence-electron chi connectivity index (χ1n) is 10.4. The lowest BCUT2D eigenvalue weighted by atomic mass is 9.91. The van der Waals surface area contributed by atoms with Gasteiger partial charge in [-0.05, 0) is 88.1 Å². The summed E-state index contributed by atoms with van der Waals surface area (Å²) in [5.41, 5.74) is 2.69. The molecule has 1 N–H and O–H groups in total. The molecule has 1 fully saturated rings. The van der Waals surface area contributed by atoms with E-state index in [0.29, 0.717) is 0 Å². The molecule has 3 rings (SSSR count). The number of hydrogen-bond acceptors (Lipinski definition) is 3. The number of hydrogen-bond donors (Lipinski definition) is 1. The number of nitrogens with one attached hydrogen (secondary N) is 1. The average molecular weight is 359 g/mol. The van der Waals surface area contributed by atoms with E-state index in [-0.39, 0.29) is 5.91 Å². The van der Waals surface area contributed by atoms with Gasteiger partial charge in [0, 0.05) is 13.1 Å². The Morgan fingerprint density at radius 2 is 2.15 bits per heavy atom. The molecule has 0 spiro atoms. The van der Waals surface area contributed by atoms with Crippen LogP contribution in [-0.4, -0.2) is 43.1 Å². The van der Waals surface area contributed by atoms with Gasteiger partial charge in [0.05, 0.1) is 0 Å². The minimum atomic E-state index is -0.446. The van der Waals surface area contributed by atoms with E-state index in [1.54, 1.807) is 0 Å². The van der Waals surface area contributed by atoms with Gasteiger partial charge in [-0.2, -0.15) is 0 Å². The lowest BCUT2D eigenvalue weighted by Crippen LogP contribution is -2.39. The Bertz CT molecular complexity index is 602. The first-order chi connectivity index (χ1) is 12.6. The zero-order chi connectivity index (χ0) is 18.4. The molecule has 1 aliphatic carbocycles. The number of amides is 1. The molecule has 0 bridgehead atoms. The van der Waals surface area contributed by atoms with Crippen molar-refractivity contribution < 1.29 is 9.53 Å². The van der Waals surface area contributed by atoms with Crippen molar-refractivity contribution in [3.63, 3.8) is 0 Å². The monoisotopic (exact) mass is 358 g/mol. The van der Waals surface area contributed by atoms with E-state index >= 15 is 0 Å². The molecule has 4 heteroatoms. The summed E-state index contributed by atoms with van der Waals surface area (Å²) in [7, 11) is 0. The molecule has 26 heavy (non-hydrogen) atoms. The Balaban J connectivity index is 1.41. The summed E-state index contributed by atoms with van der Waals surface area (Å²) in [6.07, 6.45) is 7.87. The van der Waals surface area contributed by atoms with E-state index in [9.17, 15) is 4.79 Å². The molecule has 1 heterocycles. The number of carbonyl (C=O) groups is 1. The van der Waals surface area contributed by atoms with E-state index in [0.717, 1.165) is 44.0 Å². The summed E-state index contributed by atoms with van der Waals surface area (Å²) in [4.78, 5) is 14.9. The lowest BCUT2D eigenvalue weighted by molar-refractivity contribution is -0.127. The smallest absolute Gasteiger partial charge is 0.260 e. The molecule has 1 saturated heterocycles. The normalized spacial score (nSPS) is 21.7. The van der Waals surface area contributed by atoms with Gasteiger partial charge in [-0.25, -0.2) is 0 Å². The minimum Gasteiger partial charge on any atom is -0.481 e. The van der Waals surface area contributed by atoms with Crippen molar-refractivity contribution in [2.45, 2.75) is 64.9 Å². The van der Waals surface area contributed by atoms with Gasteiger partial charge in [0.15, 0.2) is 6.10 Å². The molecule has 1 aromatic rings. The molecule has 0 unspecified atom stereocenters. The second-order valence-electron chi connectivity index (χ2n) is 8.05. The predicted molar refractivity (Wildman–Crippen MR) is 106 cm³/mol. The third kappa shape index (κ3) is 5.23. The topological polar surface area (TPSA) is 41.6 Å². The average Bonchev–Trinajstić information content (AvgIpc) is 2.65. The highest BCUT2D eigenvalue weighted by Crippen LogP contribution is 2.30. The molecular formula is C22H34N2O2. The van der Waals surface area contributed by atoms with Gasteiger partial charge in [-0.3, -0.25) is 4.79 Å². The summed E-state index contributed by atoms with van der Waals surface area (Å²) < 4.78 is 6.01. The zero-order valence-corrected chi connectivity index (χ0v) is 16.4. The van der Waals surface area contributed by atoms with Crippen LogP contribution < -0.4 is 10.1 Å². The second kappa shape index (κ2) is 9.40. The number of piperidine rings is 1. The third-order valence-electron chi connectivity index (χ3n) is 5.72. The Kier molecular flexibility index (Phi) is 6.95. The molecule has 1 amide bonds. The van der Waals surface area contributed by atoms with E-state index in [1.165, 1.54) is 49.9 Å². The first-order valence-corrected chi connectivity index (χ1v) is 10.4. The Hall–Kier alpha value is -1.55. The van der Waals surface area contributed by atoms with Crippen LogP contribution in [0.4, 0.5) is 0 Å². The van der Waals surface area contributed by atoms with Crippen molar-refractivity contribution in [2.75, 3.05) is 26.2 Å². The molecule has 144 valence electrons. The van der Waals surface area contributed by atoms with Gasteiger partial charge in [-0.15, -0.1) is 0 Å².